The van der Waals surface area contributed by atoms with Crippen LogP contribution in [0.25, 0.3) is 0 Å². The molecule has 0 aliphatic carbocycles. The molecule has 0 amide bonds. The molecule has 1 fully saturated rings. The zero-order valence-electron chi connectivity index (χ0n) is 12.7. The van der Waals surface area contributed by atoms with Gasteiger partial charge in [0.05, 0.1) is 12.2 Å². The van der Waals surface area contributed by atoms with E-state index in [0.29, 0.717) is 0 Å². The largest absolute Gasteiger partial charge is 0.382 e. The van der Waals surface area contributed by atoms with E-state index in [1.165, 1.54) is 6.42 Å². The molecule has 5 heteroatoms. The van der Waals surface area contributed by atoms with Gasteiger partial charge in [-0.05, 0) is 26.3 Å². The first-order chi connectivity index (χ1) is 9.31. The molecular formula is C14H30N2O3. The molecule has 2 atom stereocenters. The van der Waals surface area contributed by atoms with Gasteiger partial charge in [-0.1, -0.05) is 0 Å². The van der Waals surface area contributed by atoms with Crippen LogP contribution < -0.4 is 5.32 Å². The molecule has 0 spiro atoms. The molecule has 1 saturated heterocycles. The highest BCUT2D eigenvalue weighted by Gasteiger charge is 2.32. The van der Waals surface area contributed by atoms with Gasteiger partial charge in [0.2, 0.25) is 0 Å². The highest BCUT2D eigenvalue weighted by atomic mass is 16.5. The van der Waals surface area contributed by atoms with Gasteiger partial charge in [-0.25, -0.2) is 0 Å². The Hall–Kier alpha value is -0.200. The molecule has 114 valence electrons. The first-order valence-electron chi connectivity index (χ1n) is 7.38. The molecule has 1 aliphatic heterocycles. The van der Waals surface area contributed by atoms with Crippen molar-refractivity contribution in [3.05, 3.63) is 0 Å². The van der Waals surface area contributed by atoms with Gasteiger partial charge < -0.3 is 19.5 Å². The van der Waals surface area contributed by atoms with Crippen molar-refractivity contribution in [2.24, 2.45) is 0 Å². The van der Waals surface area contributed by atoms with Gasteiger partial charge in [-0.15, -0.1) is 0 Å². The van der Waals surface area contributed by atoms with Crippen molar-refractivity contribution in [3.63, 3.8) is 0 Å². The Labute approximate surface area is 117 Å². The van der Waals surface area contributed by atoms with E-state index in [1.807, 2.05) is 6.92 Å². The zero-order chi connectivity index (χ0) is 13.9. The molecule has 2 unspecified atom stereocenters. The zero-order valence-corrected chi connectivity index (χ0v) is 12.7. The van der Waals surface area contributed by atoms with Crippen LogP contribution in [0.2, 0.25) is 0 Å². The van der Waals surface area contributed by atoms with E-state index in [-0.39, 0.29) is 12.2 Å². The van der Waals surface area contributed by atoms with Crippen LogP contribution in [0.3, 0.4) is 0 Å². The summed E-state index contributed by atoms with van der Waals surface area (Å²) in [7, 11) is 3.52. The van der Waals surface area contributed by atoms with Crippen LogP contribution in [0.5, 0.6) is 0 Å². The van der Waals surface area contributed by atoms with Crippen molar-refractivity contribution in [2.75, 3.05) is 60.2 Å². The lowest BCUT2D eigenvalue weighted by molar-refractivity contribution is -0.00461. The number of hydrogen-bond donors (Lipinski definition) is 1. The minimum Gasteiger partial charge on any atom is -0.382 e. The third-order valence-electron chi connectivity index (χ3n) is 3.60. The van der Waals surface area contributed by atoms with E-state index in [2.05, 4.69) is 10.2 Å². The van der Waals surface area contributed by atoms with Gasteiger partial charge >= 0.3 is 0 Å². The number of nitrogens with zero attached hydrogens (tertiary/aromatic N) is 1. The monoisotopic (exact) mass is 274 g/mol. The van der Waals surface area contributed by atoms with Crippen LogP contribution in [0, 0.1) is 0 Å². The van der Waals surface area contributed by atoms with E-state index in [9.17, 15) is 0 Å². The van der Waals surface area contributed by atoms with E-state index in [4.69, 9.17) is 14.2 Å². The summed E-state index contributed by atoms with van der Waals surface area (Å²) in [5.41, 5.74) is 0. The topological polar surface area (TPSA) is 43.0 Å². The molecule has 1 N–H and O–H groups in total. The molecule has 0 radical (unpaired) electrons. The standard InChI is InChI=1S/C14H30N2O3/c1-4-19-10-6-5-7-15-8-9-16-11-13(17-2)14(12-16)18-3/h13-15H,4-12H2,1-3H3. The van der Waals surface area contributed by atoms with Crippen molar-refractivity contribution < 1.29 is 14.2 Å². The molecule has 5 nitrogen and oxygen atoms in total. The van der Waals surface area contributed by atoms with Crippen LogP contribution in [0.1, 0.15) is 19.8 Å². The summed E-state index contributed by atoms with van der Waals surface area (Å²) in [5, 5.41) is 3.48. The van der Waals surface area contributed by atoms with Crippen LogP contribution >= 0.6 is 0 Å². The molecule has 0 aromatic carbocycles. The van der Waals surface area contributed by atoms with Crippen LogP contribution in [-0.4, -0.2) is 77.3 Å². The molecular weight excluding hydrogens is 244 g/mol. The quantitative estimate of drug-likeness (QED) is 0.563. The Kier molecular flexibility index (Phi) is 9.38. The second-order valence-electron chi connectivity index (χ2n) is 4.96. The molecule has 1 heterocycles. The third-order valence-corrected chi connectivity index (χ3v) is 3.60. The molecule has 1 aliphatic rings. The summed E-state index contributed by atoms with van der Waals surface area (Å²) in [5.74, 6) is 0. The smallest absolute Gasteiger partial charge is 0.0971 e. The van der Waals surface area contributed by atoms with Gasteiger partial charge in [0.1, 0.15) is 0 Å². The molecule has 0 bridgehead atoms. The summed E-state index contributed by atoms with van der Waals surface area (Å²) in [6, 6.07) is 0. The number of methoxy groups -OCH3 is 2. The lowest BCUT2D eigenvalue weighted by atomic mass is 10.3. The summed E-state index contributed by atoms with van der Waals surface area (Å²) < 4.78 is 16.2. The van der Waals surface area contributed by atoms with Crippen LogP contribution in [0.15, 0.2) is 0 Å². The molecule has 0 aromatic heterocycles. The van der Waals surface area contributed by atoms with E-state index in [0.717, 1.165) is 52.4 Å². The van der Waals surface area contributed by atoms with Crippen molar-refractivity contribution in [3.8, 4) is 0 Å². The average molecular weight is 274 g/mol. The first kappa shape index (κ1) is 16.9. The fourth-order valence-corrected chi connectivity index (χ4v) is 2.41. The number of unbranched alkanes of at least 4 members (excludes halogenated alkanes) is 1. The normalized spacial score (nSPS) is 24.2. The Morgan fingerprint density at radius 1 is 1.05 bits per heavy atom. The minimum atomic E-state index is 0.219. The number of hydrogen-bond acceptors (Lipinski definition) is 5. The van der Waals surface area contributed by atoms with Crippen molar-refractivity contribution in [1.29, 1.82) is 0 Å². The van der Waals surface area contributed by atoms with Crippen molar-refractivity contribution in [2.45, 2.75) is 32.0 Å². The second-order valence-corrected chi connectivity index (χ2v) is 4.96. The van der Waals surface area contributed by atoms with Crippen LogP contribution in [-0.2, 0) is 14.2 Å². The highest BCUT2D eigenvalue weighted by Crippen LogP contribution is 2.14. The molecule has 0 aromatic rings. The molecule has 1 rings (SSSR count). The number of rotatable bonds is 11. The minimum absolute atomic E-state index is 0.219. The summed E-state index contributed by atoms with van der Waals surface area (Å²) in [4.78, 5) is 2.40. The van der Waals surface area contributed by atoms with Gasteiger partial charge in [0.15, 0.2) is 0 Å². The lowest BCUT2D eigenvalue weighted by Crippen LogP contribution is -2.32. The predicted octanol–water partition coefficient (Wildman–Crippen LogP) is 0.738. The third kappa shape index (κ3) is 6.68. The SMILES string of the molecule is CCOCCCCNCCN1CC(OC)C(OC)C1. The Bertz CT molecular complexity index is 205. The fourth-order valence-electron chi connectivity index (χ4n) is 2.41. The van der Waals surface area contributed by atoms with E-state index >= 15 is 0 Å². The van der Waals surface area contributed by atoms with Gasteiger partial charge in [0, 0.05) is 53.6 Å². The number of likely N-dealkylation sites (tertiary alicyclic amines) is 1. The molecule has 0 saturated carbocycles. The van der Waals surface area contributed by atoms with Crippen molar-refractivity contribution in [1.82, 2.24) is 10.2 Å². The van der Waals surface area contributed by atoms with Gasteiger partial charge in [-0.3, -0.25) is 4.90 Å². The average Bonchev–Trinajstić information content (AvgIpc) is 2.84. The Balaban J connectivity index is 1.95. The summed E-state index contributed by atoms with van der Waals surface area (Å²) in [6.07, 6.45) is 2.76. The number of nitrogens with one attached hydrogen (secondary N) is 1. The summed E-state index contributed by atoms with van der Waals surface area (Å²) >= 11 is 0. The van der Waals surface area contributed by atoms with Gasteiger partial charge in [-0.2, -0.15) is 0 Å². The van der Waals surface area contributed by atoms with Gasteiger partial charge in [0.25, 0.3) is 0 Å². The maximum Gasteiger partial charge on any atom is 0.0971 e. The Morgan fingerprint density at radius 2 is 1.74 bits per heavy atom. The summed E-state index contributed by atoms with van der Waals surface area (Å²) in [6.45, 7) is 8.85. The number of ether oxygens (including phenoxy) is 3. The predicted molar refractivity (Wildman–Crippen MR) is 76.6 cm³/mol. The maximum absolute atomic E-state index is 5.43. The first-order valence-corrected chi connectivity index (χ1v) is 7.38. The second kappa shape index (κ2) is 10.6. The fraction of sp³-hybridized carbons (Fsp3) is 1.00. The molecule has 19 heavy (non-hydrogen) atoms. The van der Waals surface area contributed by atoms with E-state index < -0.39 is 0 Å². The van der Waals surface area contributed by atoms with Crippen molar-refractivity contribution >= 4 is 0 Å². The van der Waals surface area contributed by atoms with E-state index in [1.54, 1.807) is 14.2 Å². The Morgan fingerprint density at radius 3 is 2.32 bits per heavy atom. The highest BCUT2D eigenvalue weighted by molar-refractivity contribution is 4.85. The van der Waals surface area contributed by atoms with Crippen LogP contribution in [0.4, 0.5) is 0 Å². The lowest BCUT2D eigenvalue weighted by Gasteiger charge is -2.15. The maximum atomic E-state index is 5.43.